The number of ether oxygens (including phenoxy) is 1. The van der Waals surface area contributed by atoms with E-state index in [9.17, 15) is 13.6 Å². The largest absolute Gasteiger partial charge is 0.457 e. The topological polar surface area (TPSA) is 78.3 Å². The van der Waals surface area contributed by atoms with Gasteiger partial charge in [0.25, 0.3) is 5.91 Å². The van der Waals surface area contributed by atoms with Crippen LogP contribution in [0.2, 0.25) is 0 Å². The molecule has 0 bridgehead atoms. The standard InChI is InChI=1S/C13H10F2N2O2/c14-10-5-7(1-3-9(10)13(17)18)19-8-2-4-12(16)11(15)6-8/h1-6H,16H2,(H2,17,18). The number of hydrogen-bond acceptors (Lipinski definition) is 3. The van der Waals surface area contributed by atoms with Crippen molar-refractivity contribution in [2.24, 2.45) is 5.73 Å². The van der Waals surface area contributed by atoms with Crippen molar-refractivity contribution in [1.29, 1.82) is 0 Å². The first kappa shape index (κ1) is 12.8. The highest BCUT2D eigenvalue weighted by atomic mass is 19.1. The Kier molecular flexibility index (Phi) is 3.33. The molecule has 2 aromatic rings. The number of primary amides is 1. The second-order valence-electron chi connectivity index (χ2n) is 3.79. The van der Waals surface area contributed by atoms with Crippen molar-refractivity contribution >= 4 is 11.6 Å². The maximum atomic E-state index is 13.5. The Hall–Kier alpha value is -2.63. The normalized spacial score (nSPS) is 10.2. The van der Waals surface area contributed by atoms with E-state index in [1.165, 1.54) is 24.3 Å². The minimum Gasteiger partial charge on any atom is -0.457 e. The van der Waals surface area contributed by atoms with Crippen molar-refractivity contribution in [2.45, 2.75) is 0 Å². The van der Waals surface area contributed by atoms with Crippen LogP contribution in [0.5, 0.6) is 11.5 Å². The molecule has 4 nitrogen and oxygen atoms in total. The van der Waals surface area contributed by atoms with Gasteiger partial charge in [-0.3, -0.25) is 4.79 Å². The lowest BCUT2D eigenvalue weighted by atomic mass is 10.2. The van der Waals surface area contributed by atoms with Crippen LogP contribution >= 0.6 is 0 Å². The van der Waals surface area contributed by atoms with Gasteiger partial charge in [-0.1, -0.05) is 0 Å². The quantitative estimate of drug-likeness (QED) is 0.836. The molecule has 2 rings (SSSR count). The maximum Gasteiger partial charge on any atom is 0.251 e. The average molecular weight is 264 g/mol. The first-order chi connectivity index (χ1) is 8.97. The minimum atomic E-state index is -0.873. The second-order valence-corrected chi connectivity index (χ2v) is 3.79. The number of halogens is 2. The summed E-state index contributed by atoms with van der Waals surface area (Å²) in [6, 6.07) is 7.40. The second kappa shape index (κ2) is 4.93. The summed E-state index contributed by atoms with van der Waals surface area (Å²) in [4.78, 5) is 10.9. The van der Waals surface area contributed by atoms with Crippen LogP contribution in [-0.4, -0.2) is 5.91 Å². The molecule has 6 heteroatoms. The molecule has 0 saturated carbocycles. The molecule has 0 heterocycles. The molecule has 0 aliphatic rings. The summed E-state index contributed by atoms with van der Waals surface area (Å²) in [6.07, 6.45) is 0. The smallest absolute Gasteiger partial charge is 0.251 e. The average Bonchev–Trinajstić information content (AvgIpc) is 2.33. The van der Waals surface area contributed by atoms with E-state index >= 15 is 0 Å². The van der Waals surface area contributed by atoms with Crippen LogP contribution < -0.4 is 16.2 Å². The minimum absolute atomic E-state index is 0.0115. The van der Waals surface area contributed by atoms with Crippen molar-refractivity contribution in [2.75, 3.05) is 5.73 Å². The molecule has 0 aromatic heterocycles. The lowest BCUT2D eigenvalue weighted by Gasteiger charge is -2.07. The van der Waals surface area contributed by atoms with Crippen LogP contribution in [0.4, 0.5) is 14.5 Å². The highest BCUT2D eigenvalue weighted by molar-refractivity contribution is 5.93. The predicted molar refractivity (Wildman–Crippen MR) is 65.8 cm³/mol. The van der Waals surface area contributed by atoms with Crippen LogP contribution in [0.3, 0.4) is 0 Å². The lowest BCUT2D eigenvalue weighted by Crippen LogP contribution is -2.12. The van der Waals surface area contributed by atoms with Gasteiger partial charge in [0, 0.05) is 12.1 Å². The SMILES string of the molecule is NC(=O)c1ccc(Oc2ccc(N)c(F)c2)cc1F. The molecule has 4 N–H and O–H groups in total. The molecule has 1 amide bonds. The Bertz CT molecular complexity index is 645. The van der Waals surface area contributed by atoms with Gasteiger partial charge in [-0.25, -0.2) is 8.78 Å². The van der Waals surface area contributed by atoms with Crippen molar-refractivity contribution in [3.63, 3.8) is 0 Å². The van der Waals surface area contributed by atoms with E-state index in [1.54, 1.807) is 0 Å². The van der Waals surface area contributed by atoms with E-state index in [0.29, 0.717) is 0 Å². The molecule has 19 heavy (non-hydrogen) atoms. The van der Waals surface area contributed by atoms with Gasteiger partial charge in [0.15, 0.2) is 0 Å². The van der Waals surface area contributed by atoms with Crippen molar-refractivity contribution in [3.8, 4) is 11.5 Å². The van der Waals surface area contributed by atoms with Gasteiger partial charge < -0.3 is 16.2 Å². The lowest BCUT2D eigenvalue weighted by molar-refractivity contribution is 0.0996. The molecule has 0 aliphatic carbocycles. The Morgan fingerprint density at radius 1 is 1.00 bits per heavy atom. The van der Waals surface area contributed by atoms with E-state index in [0.717, 1.165) is 12.1 Å². The fraction of sp³-hybridized carbons (Fsp3) is 0. The molecule has 0 fully saturated rings. The van der Waals surface area contributed by atoms with E-state index in [-0.39, 0.29) is 22.7 Å². The summed E-state index contributed by atoms with van der Waals surface area (Å²) < 4.78 is 31.9. The molecule has 0 spiro atoms. The fourth-order valence-electron chi connectivity index (χ4n) is 1.47. The molecule has 0 aliphatic heterocycles. The Morgan fingerprint density at radius 2 is 1.58 bits per heavy atom. The third-order valence-electron chi connectivity index (χ3n) is 2.41. The van der Waals surface area contributed by atoms with Crippen LogP contribution in [0.1, 0.15) is 10.4 Å². The highest BCUT2D eigenvalue weighted by Crippen LogP contribution is 2.25. The van der Waals surface area contributed by atoms with Gasteiger partial charge >= 0.3 is 0 Å². The van der Waals surface area contributed by atoms with Gasteiger partial charge in [-0.15, -0.1) is 0 Å². The van der Waals surface area contributed by atoms with Crippen molar-refractivity contribution in [1.82, 2.24) is 0 Å². The van der Waals surface area contributed by atoms with Gasteiger partial charge in [-0.05, 0) is 24.3 Å². The zero-order chi connectivity index (χ0) is 14.0. The Labute approximate surface area is 107 Å². The van der Waals surface area contributed by atoms with Gasteiger partial charge in [0.05, 0.1) is 11.3 Å². The molecule has 98 valence electrons. The van der Waals surface area contributed by atoms with Crippen molar-refractivity contribution < 1.29 is 18.3 Å². The molecule has 0 saturated heterocycles. The molecule has 0 atom stereocenters. The summed E-state index contributed by atoms with van der Waals surface area (Å²) in [5.74, 6) is -2.03. The number of benzene rings is 2. The zero-order valence-corrected chi connectivity index (χ0v) is 9.69. The molecule has 2 aromatic carbocycles. The number of rotatable bonds is 3. The fourth-order valence-corrected chi connectivity index (χ4v) is 1.47. The number of carbonyl (C=O) groups is 1. The summed E-state index contributed by atoms with van der Waals surface area (Å²) in [7, 11) is 0. The summed E-state index contributed by atoms with van der Waals surface area (Å²) in [6.45, 7) is 0. The number of hydrogen-bond donors (Lipinski definition) is 2. The zero-order valence-electron chi connectivity index (χ0n) is 9.69. The Balaban J connectivity index is 2.26. The van der Waals surface area contributed by atoms with E-state index in [2.05, 4.69) is 0 Å². The predicted octanol–water partition coefficient (Wildman–Crippen LogP) is 2.44. The monoisotopic (exact) mass is 264 g/mol. The number of anilines is 1. The van der Waals surface area contributed by atoms with Crippen LogP contribution in [0.15, 0.2) is 36.4 Å². The third-order valence-corrected chi connectivity index (χ3v) is 2.41. The number of nitrogen functional groups attached to an aromatic ring is 1. The molecule has 0 unspecified atom stereocenters. The number of carbonyl (C=O) groups excluding carboxylic acids is 1. The van der Waals surface area contributed by atoms with E-state index in [4.69, 9.17) is 16.2 Å². The van der Waals surface area contributed by atoms with Gasteiger partial charge in [0.1, 0.15) is 23.1 Å². The molecular weight excluding hydrogens is 254 g/mol. The molecule has 0 radical (unpaired) electrons. The first-order valence-electron chi connectivity index (χ1n) is 5.29. The van der Waals surface area contributed by atoms with Gasteiger partial charge in [-0.2, -0.15) is 0 Å². The van der Waals surface area contributed by atoms with E-state index < -0.39 is 17.5 Å². The third kappa shape index (κ3) is 2.79. The summed E-state index contributed by atoms with van der Waals surface area (Å²) in [5.41, 5.74) is 10.0. The molecular formula is C13H10F2N2O2. The van der Waals surface area contributed by atoms with Crippen LogP contribution in [0.25, 0.3) is 0 Å². The van der Waals surface area contributed by atoms with Crippen LogP contribution in [-0.2, 0) is 0 Å². The van der Waals surface area contributed by atoms with Crippen LogP contribution in [0, 0.1) is 11.6 Å². The number of nitrogens with two attached hydrogens (primary N) is 2. The summed E-state index contributed by atoms with van der Waals surface area (Å²) in [5, 5.41) is 0. The van der Waals surface area contributed by atoms with Crippen molar-refractivity contribution in [3.05, 3.63) is 53.6 Å². The van der Waals surface area contributed by atoms with Gasteiger partial charge in [0.2, 0.25) is 0 Å². The van der Waals surface area contributed by atoms with E-state index in [1.807, 2.05) is 0 Å². The first-order valence-corrected chi connectivity index (χ1v) is 5.29. The highest BCUT2D eigenvalue weighted by Gasteiger charge is 2.10. The summed E-state index contributed by atoms with van der Waals surface area (Å²) >= 11 is 0. The number of amides is 1. The maximum absolute atomic E-state index is 13.5. The Morgan fingerprint density at radius 3 is 2.11 bits per heavy atom.